The molecular weight excluding hydrogens is 256 g/mol. The molecule has 0 unspecified atom stereocenters. The minimum atomic E-state index is -0.755. The number of likely N-dealkylation sites (tertiary alicyclic amines) is 1. The van der Waals surface area contributed by atoms with Crippen LogP contribution in [0.3, 0.4) is 0 Å². The Morgan fingerprint density at radius 1 is 1.35 bits per heavy atom. The van der Waals surface area contributed by atoms with Gasteiger partial charge >= 0.3 is 5.97 Å². The van der Waals surface area contributed by atoms with E-state index in [0.717, 1.165) is 11.3 Å². The zero-order valence-corrected chi connectivity index (χ0v) is 11.6. The molecular formula is C15H20N2O3. The van der Waals surface area contributed by atoms with Crippen LogP contribution in [0.1, 0.15) is 18.4 Å². The highest BCUT2D eigenvalue weighted by molar-refractivity contribution is 5.81. The number of hydrogen-bond donors (Lipinski definition) is 2. The fourth-order valence-corrected chi connectivity index (χ4v) is 2.42. The van der Waals surface area contributed by atoms with Gasteiger partial charge in [-0.2, -0.15) is 0 Å². The SMILES string of the molecule is Cc1cccc(NCC(=O)N2CCC(C(=O)O)CC2)c1. The van der Waals surface area contributed by atoms with Crippen LogP contribution in [0.25, 0.3) is 0 Å². The zero-order valence-electron chi connectivity index (χ0n) is 11.6. The summed E-state index contributed by atoms with van der Waals surface area (Å²) in [6.07, 6.45) is 1.09. The Hall–Kier alpha value is -2.04. The minimum absolute atomic E-state index is 0.0235. The number of carboxylic acid groups (broad SMARTS) is 1. The van der Waals surface area contributed by atoms with Crippen LogP contribution in [0.2, 0.25) is 0 Å². The van der Waals surface area contributed by atoms with Crippen LogP contribution in [0.15, 0.2) is 24.3 Å². The van der Waals surface area contributed by atoms with Crippen molar-refractivity contribution in [2.45, 2.75) is 19.8 Å². The molecule has 1 amide bonds. The quantitative estimate of drug-likeness (QED) is 0.878. The lowest BCUT2D eigenvalue weighted by Gasteiger charge is -2.30. The van der Waals surface area contributed by atoms with Gasteiger partial charge < -0.3 is 15.3 Å². The molecule has 0 radical (unpaired) electrons. The molecule has 2 rings (SSSR count). The second-order valence-corrected chi connectivity index (χ2v) is 5.22. The number of aliphatic carboxylic acids is 1. The van der Waals surface area contributed by atoms with E-state index in [1.165, 1.54) is 0 Å². The molecule has 2 N–H and O–H groups in total. The number of rotatable bonds is 4. The lowest BCUT2D eigenvalue weighted by atomic mass is 9.97. The zero-order chi connectivity index (χ0) is 14.5. The van der Waals surface area contributed by atoms with Crippen molar-refractivity contribution in [1.29, 1.82) is 0 Å². The van der Waals surface area contributed by atoms with Gasteiger partial charge in [-0.25, -0.2) is 0 Å². The number of hydrogen-bond acceptors (Lipinski definition) is 3. The molecule has 1 aromatic carbocycles. The minimum Gasteiger partial charge on any atom is -0.481 e. The molecule has 0 aliphatic carbocycles. The molecule has 1 saturated heterocycles. The highest BCUT2D eigenvalue weighted by Crippen LogP contribution is 2.17. The van der Waals surface area contributed by atoms with E-state index in [1.54, 1.807) is 4.90 Å². The van der Waals surface area contributed by atoms with Gasteiger partial charge in [0.25, 0.3) is 0 Å². The highest BCUT2D eigenvalue weighted by Gasteiger charge is 2.26. The number of amides is 1. The monoisotopic (exact) mass is 276 g/mol. The fourth-order valence-electron chi connectivity index (χ4n) is 2.42. The molecule has 20 heavy (non-hydrogen) atoms. The smallest absolute Gasteiger partial charge is 0.306 e. The number of nitrogens with zero attached hydrogens (tertiary/aromatic N) is 1. The number of anilines is 1. The Kier molecular flexibility index (Phi) is 4.61. The van der Waals surface area contributed by atoms with Crippen molar-refractivity contribution in [3.63, 3.8) is 0 Å². The summed E-state index contributed by atoms with van der Waals surface area (Å²) >= 11 is 0. The average Bonchev–Trinajstić information content (AvgIpc) is 2.45. The van der Waals surface area contributed by atoms with E-state index in [1.807, 2.05) is 31.2 Å². The molecule has 0 saturated carbocycles. The van der Waals surface area contributed by atoms with Crippen LogP contribution in [-0.4, -0.2) is 41.5 Å². The Bertz CT molecular complexity index is 494. The van der Waals surface area contributed by atoms with Crippen LogP contribution in [0.4, 0.5) is 5.69 Å². The Balaban J connectivity index is 1.80. The van der Waals surface area contributed by atoms with E-state index in [2.05, 4.69) is 5.32 Å². The van der Waals surface area contributed by atoms with Gasteiger partial charge in [0.2, 0.25) is 5.91 Å². The second-order valence-electron chi connectivity index (χ2n) is 5.22. The summed E-state index contributed by atoms with van der Waals surface area (Å²) in [6, 6.07) is 7.87. The third-order valence-corrected chi connectivity index (χ3v) is 3.66. The first kappa shape index (κ1) is 14.4. The summed E-state index contributed by atoms with van der Waals surface area (Å²) in [5, 5.41) is 12.0. The number of nitrogens with one attached hydrogen (secondary N) is 1. The molecule has 108 valence electrons. The Labute approximate surface area is 118 Å². The van der Waals surface area contributed by atoms with Crippen LogP contribution < -0.4 is 5.32 Å². The van der Waals surface area contributed by atoms with E-state index >= 15 is 0 Å². The number of piperidine rings is 1. The summed E-state index contributed by atoms with van der Waals surface area (Å²) in [7, 11) is 0. The van der Waals surface area contributed by atoms with Gasteiger partial charge in [-0.15, -0.1) is 0 Å². The van der Waals surface area contributed by atoms with Gasteiger partial charge in [0.15, 0.2) is 0 Å². The summed E-state index contributed by atoms with van der Waals surface area (Å²) in [4.78, 5) is 24.6. The third-order valence-electron chi connectivity index (χ3n) is 3.66. The first-order valence-electron chi connectivity index (χ1n) is 6.87. The summed E-state index contributed by atoms with van der Waals surface area (Å²) < 4.78 is 0. The summed E-state index contributed by atoms with van der Waals surface area (Å²) in [5.41, 5.74) is 2.07. The summed E-state index contributed by atoms with van der Waals surface area (Å²) in [6.45, 7) is 3.32. The molecule has 0 spiro atoms. The fraction of sp³-hybridized carbons (Fsp3) is 0.467. The van der Waals surface area contributed by atoms with E-state index in [9.17, 15) is 9.59 Å². The van der Waals surface area contributed by atoms with Gasteiger partial charge in [-0.3, -0.25) is 9.59 Å². The first-order chi connectivity index (χ1) is 9.56. The molecule has 1 heterocycles. The number of benzene rings is 1. The van der Waals surface area contributed by atoms with Gasteiger partial charge in [0, 0.05) is 18.8 Å². The van der Waals surface area contributed by atoms with E-state index < -0.39 is 5.97 Å². The van der Waals surface area contributed by atoms with Gasteiger partial charge in [0.05, 0.1) is 12.5 Å². The van der Waals surface area contributed by atoms with Crippen molar-refractivity contribution < 1.29 is 14.7 Å². The predicted octanol–water partition coefficient (Wildman–Crippen LogP) is 1.73. The number of carboxylic acids is 1. The van der Waals surface area contributed by atoms with E-state index in [-0.39, 0.29) is 18.4 Å². The highest BCUT2D eigenvalue weighted by atomic mass is 16.4. The molecule has 0 bridgehead atoms. The number of aryl methyl sites for hydroxylation is 1. The van der Waals surface area contributed by atoms with Crippen molar-refractivity contribution in [3.8, 4) is 0 Å². The predicted molar refractivity (Wildman–Crippen MR) is 76.6 cm³/mol. The Morgan fingerprint density at radius 3 is 2.65 bits per heavy atom. The van der Waals surface area contributed by atoms with Crippen molar-refractivity contribution >= 4 is 17.6 Å². The summed E-state index contributed by atoms with van der Waals surface area (Å²) in [5.74, 6) is -1.03. The molecule has 1 aliphatic heterocycles. The van der Waals surface area contributed by atoms with E-state index in [4.69, 9.17) is 5.11 Å². The topological polar surface area (TPSA) is 69.6 Å². The molecule has 5 nitrogen and oxygen atoms in total. The number of carbonyl (C=O) groups excluding carboxylic acids is 1. The van der Waals surface area contributed by atoms with Gasteiger partial charge in [-0.1, -0.05) is 12.1 Å². The lowest BCUT2D eigenvalue weighted by molar-refractivity contribution is -0.145. The van der Waals surface area contributed by atoms with Crippen molar-refractivity contribution in [1.82, 2.24) is 4.90 Å². The van der Waals surface area contributed by atoms with Crippen LogP contribution in [-0.2, 0) is 9.59 Å². The maximum atomic E-state index is 12.0. The molecule has 1 aromatic rings. The van der Waals surface area contributed by atoms with Crippen LogP contribution >= 0.6 is 0 Å². The molecule has 0 atom stereocenters. The molecule has 5 heteroatoms. The molecule has 1 fully saturated rings. The number of carbonyl (C=O) groups is 2. The van der Waals surface area contributed by atoms with Gasteiger partial charge in [-0.05, 0) is 37.5 Å². The lowest BCUT2D eigenvalue weighted by Crippen LogP contribution is -2.42. The van der Waals surface area contributed by atoms with Gasteiger partial charge in [0.1, 0.15) is 0 Å². The maximum Gasteiger partial charge on any atom is 0.306 e. The van der Waals surface area contributed by atoms with Crippen LogP contribution in [0, 0.1) is 12.8 Å². The maximum absolute atomic E-state index is 12.0. The van der Waals surface area contributed by atoms with Crippen molar-refractivity contribution in [2.24, 2.45) is 5.92 Å². The third kappa shape index (κ3) is 3.73. The van der Waals surface area contributed by atoms with E-state index in [0.29, 0.717) is 25.9 Å². The normalized spacial score (nSPS) is 15.9. The van der Waals surface area contributed by atoms with Crippen molar-refractivity contribution in [3.05, 3.63) is 29.8 Å². The molecule has 0 aromatic heterocycles. The standard InChI is InChI=1S/C15H20N2O3/c1-11-3-2-4-13(9-11)16-10-14(18)17-7-5-12(6-8-17)15(19)20/h2-4,9,12,16H,5-8,10H2,1H3,(H,19,20). The van der Waals surface area contributed by atoms with Crippen molar-refractivity contribution in [2.75, 3.05) is 25.0 Å². The average molecular weight is 276 g/mol. The second kappa shape index (κ2) is 6.41. The largest absolute Gasteiger partial charge is 0.481 e. The van der Waals surface area contributed by atoms with Crippen LogP contribution in [0.5, 0.6) is 0 Å². The first-order valence-corrected chi connectivity index (χ1v) is 6.87. The molecule has 1 aliphatic rings. The Morgan fingerprint density at radius 2 is 2.05 bits per heavy atom.